The molecule has 0 amide bonds. The molecule has 3 rings (SSSR count). The molecule has 2 heterocycles. The number of benzene rings is 1. The molecule has 0 unspecified atom stereocenters. The Hall–Kier alpha value is -1.88. The number of nitrogens with two attached hydrogens (primary N) is 1. The van der Waals surface area contributed by atoms with Crippen LogP contribution >= 0.6 is 0 Å². The zero-order valence-corrected chi connectivity index (χ0v) is 9.99. The van der Waals surface area contributed by atoms with E-state index in [-0.39, 0.29) is 5.82 Å². The van der Waals surface area contributed by atoms with Crippen LogP contribution in [0.15, 0.2) is 24.3 Å². The first-order valence-corrected chi connectivity index (χ1v) is 6.09. The number of rotatable bonds is 2. The molecular weight excluding hydrogens is 231 g/mol. The van der Waals surface area contributed by atoms with Crippen LogP contribution in [0.1, 0.15) is 12.1 Å². The second-order valence-electron chi connectivity index (χ2n) is 4.38. The zero-order valence-electron chi connectivity index (χ0n) is 9.99. The third kappa shape index (κ3) is 1.76. The highest BCUT2D eigenvalue weighted by molar-refractivity contribution is 5.65. The number of halogens is 1. The van der Waals surface area contributed by atoms with Crippen molar-refractivity contribution in [2.75, 3.05) is 11.9 Å². The van der Waals surface area contributed by atoms with Gasteiger partial charge >= 0.3 is 0 Å². The Morgan fingerprint density at radius 2 is 2.33 bits per heavy atom. The van der Waals surface area contributed by atoms with E-state index in [0.29, 0.717) is 6.54 Å². The van der Waals surface area contributed by atoms with Crippen LogP contribution in [0.2, 0.25) is 0 Å². The molecule has 0 saturated carbocycles. The monoisotopic (exact) mass is 246 g/mol. The van der Waals surface area contributed by atoms with Crippen molar-refractivity contribution >= 4 is 5.95 Å². The van der Waals surface area contributed by atoms with Gasteiger partial charge in [-0.3, -0.25) is 0 Å². The number of nitrogens with one attached hydrogen (secondary N) is 1. The number of nitrogens with zero attached hydrogens (tertiary/aromatic N) is 2. The molecule has 2 aromatic rings. The summed E-state index contributed by atoms with van der Waals surface area (Å²) >= 11 is 0. The van der Waals surface area contributed by atoms with Gasteiger partial charge in [0, 0.05) is 25.2 Å². The first kappa shape index (κ1) is 11.2. The summed E-state index contributed by atoms with van der Waals surface area (Å²) in [5.74, 6) is 0.579. The van der Waals surface area contributed by atoms with Gasteiger partial charge in [0.15, 0.2) is 0 Å². The lowest BCUT2D eigenvalue weighted by molar-refractivity contribution is 0.604. The highest BCUT2D eigenvalue weighted by Gasteiger charge is 2.19. The van der Waals surface area contributed by atoms with E-state index in [4.69, 9.17) is 5.73 Å². The lowest BCUT2D eigenvalue weighted by atomic mass is 10.1. The maximum atomic E-state index is 13.3. The van der Waals surface area contributed by atoms with Crippen molar-refractivity contribution in [3.63, 3.8) is 0 Å². The van der Waals surface area contributed by atoms with Crippen molar-refractivity contribution in [3.8, 4) is 11.3 Å². The highest BCUT2D eigenvalue weighted by atomic mass is 19.1. The first-order chi connectivity index (χ1) is 8.79. The number of hydrogen-bond donors (Lipinski definition) is 2. The average Bonchev–Trinajstić information content (AvgIpc) is 2.77. The molecule has 5 heteroatoms. The fourth-order valence-corrected chi connectivity index (χ4v) is 2.37. The quantitative estimate of drug-likeness (QED) is 0.851. The standard InChI is InChI=1S/C13H15FN4/c14-10-4-1-3-9(7-10)12-11(8-15)18-6-2-5-16-13(18)17-12/h1,3-4,7H,2,5-6,8,15H2,(H,16,17). The number of hydrogen-bond acceptors (Lipinski definition) is 3. The minimum Gasteiger partial charge on any atom is -0.356 e. The van der Waals surface area contributed by atoms with Crippen LogP contribution in [-0.2, 0) is 13.1 Å². The molecule has 94 valence electrons. The van der Waals surface area contributed by atoms with E-state index in [0.717, 1.165) is 42.4 Å². The predicted octanol–water partition coefficient (Wildman–Crippen LogP) is 1.96. The Balaban J connectivity index is 2.14. The molecule has 0 spiro atoms. The van der Waals surface area contributed by atoms with Crippen molar-refractivity contribution < 1.29 is 4.39 Å². The van der Waals surface area contributed by atoms with E-state index in [9.17, 15) is 4.39 Å². The van der Waals surface area contributed by atoms with Gasteiger partial charge < -0.3 is 15.6 Å². The summed E-state index contributed by atoms with van der Waals surface area (Å²) in [7, 11) is 0. The van der Waals surface area contributed by atoms with Gasteiger partial charge in [-0.05, 0) is 18.6 Å². The Morgan fingerprint density at radius 1 is 1.44 bits per heavy atom. The number of aromatic nitrogens is 2. The third-order valence-electron chi connectivity index (χ3n) is 3.21. The molecule has 4 nitrogen and oxygen atoms in total. The SMILES string of the molecule is NCc1c(-c2cccc(F)c2)nc2n1CCCN2. The van der Waals surface area contributed by atoms with Gasteiger partial charge in [0.1, 0.15) is 5.82 Å². The molecule has 1 aliphatic heterocycles. The van der Waals surface area contributed by atoms with E-state index in [1.165, 1.54) is 12.1 Å². The maximum Gasteiger partial charge on any atom is 0.203 e. The smallest absolute Gasteiger partial charge is 0.203 e. The molecular formula is C13H15FN4. The van der Waals surface area contributed by atoms with Crippen molar-refractivity contribution in [2.24, 2.45) is 5.73 Å². The molecule has 1 aromatic heterocycles. The molecule has 0 fully saturated rings. The minimum atomic E-state index is -0.255. The van der Waals surface area contributed by atoms with Crippen molar-refractivity contribution in [3.05, 3.63) is 35.8 Å². The fraction of sp³-hybridized carbons (Fsp3) is 0.308. The van der Waals surface area contributed by atoms with E-state index in [2.05, 4.69) is 14.9 Å². The fourth-order valence-electron chi connectivity index (χ4n) is 2.37. The van der Waals surface area contributed by atoms with E-state index in [1.54, 1.807) is 6.07 Å². The second-order valence-corrected chi connectivity index (χ2v) is 4.38. The minimum absolute atomic E-state index is 0.255. The van der Waals surface area contributed by atoms with E-state index < -0.39 is 0 Å². The summed E-state index contributed by atoms with van der Waals surface area (Å²) in [6.07, 6.45) is 1.05. The lowest BCUT2D eigenvalue weighted by Crippen LogP contribution is -2.19. The van der Waals surface area contributed by atoms with Crippen LogP contribution in [0.5, 0.6) is 0 Å². The lowest BCUT2D eigenvalue weighted by Gasteiger charge is -2.17. The van der Waals surface area contributed by atoms with Crippen LogP contribution in [0, 0.1) is 5.82 Å². The second kappa shape index (κ2) is 4.42. The predicted molar refractivity (Wildman–Crippen MR) is 68.6 cm³/mol. The van der Waals surface area contributed by atoms with Crippen LogP contribution in [0.3, 0.4) is 0 Å². The van der Waals surface area contributed by atoms with Gasteiger partial charge in [0.05, 0.1) is 11.4 Å². The number of fused-ring (bicyclic) bond motifs is 1. The van der Waals surface area contributed by atoms with Gasteiger partial charge in [0.2, 0.25) is 5.95 Å². The Morgan fingerprint density at radius 3 is 3.11 bits per heavy atom. The van der Waals surface area contributed by atoms with Crippen molar-refractivity contribution in [2.45, 2.75) is 19.5 Å². The molecule has 0 atom stereocenters. The number of imidazole rings is 1. The molecule has 3 N–H and O–H groups in total. The van der Waals surface area contributed by atoms with Crippen molar-refractivity contribution in [1.29, 1.82) is 0 Å². The molecule has 0 saturated heterocycles. The zero-order chi connectivity index (χ0) is 12.5. The summed E-state index contributed by atoms with van der Waals surface area (Å²) in [5.41, 5.74) is 8.33. The Labute approximate surface area is 105 Å². The van der Waals surface area contributed by atoms with Crippen LogP contribution < -0.4 is 11.1 Å². The Bertz CT molecular complexity index is 576. The average molecular weight is 246 g/mol. The molecule has 1 aliphatic rings. The molecule has 0 radical (unpaired) electrons. The van der Waals surface area contributed by atoms with Gasteiger partial charge in [-0.25, -0.2) is 9.37 Å². The highest BCUT2D eigenvalue weighted by Crippen LogP contribution is 2.28. The Kier molecular flexibility index (Phi) is 2.76. The number of anilines is 1. The normalized spacial score (nSPS) is 14.1. The van der Waals surface area contributed by atoms with Crippen molar-refractivity contribution in [1.82, 2.24) is 9.55 Å². The maximum absolute atomic E-state index is 13.3. The summed E-state index contributed by atoms with van der Waals surface area (Å²) in [6, 6.07) is 6.47. The van der Waals surface area contributed by atoms with Crippen LogP contribution in [-0.4, -0.2) is 16.1 Å². The van der Waals surface area contributed by atoms with Crippen LogP contribution in [0.25, 0.3) is 11.3 Å². The first-order valence-electron chi connectivity index (χ1n) is 6.09. The summed E-state index contributed by atoms with van der Waals surface area (Å²) in [5, 5.41) is 3.24. The van der Waals surface area contributed by atoms with Gasteiger partial charge in [0.25, 0.3) is 0 Å². The largest absolute Gasteiger partial charge is 0.356 e. The van der Waals surface area contributed by atoms with Gasteiger partial charge in [-0.15, -0.1) is 0 Å². The van der Waals surface area contributed by atoms with E-state index >= 15 is 0 Å². The summed E-state index contributed by atoms with van der Waals surface area (Å²) in [4.78, 5) is 4.54. The molecule has 0 aliphatic carbocycles. The molecule has 0 bridgehead atoms. The topological polar surface area (TPSA) is 55.9 Å². The van der Waals surface area contributed by atoms with Gasteiger partial charge in [-0.1, -0.05) is 12.1 Å². The van der Waals surface area contributed by atoms with Crippen LogP contribution in [0.4, 0.5) is 10.3 Å². The molecule has 1 aromatic carbocycles. The van der Waals surface area contributed by atoms with Gasteiger partial charge in [-0.2, -0.15) is 0 Å². The molecule has 18 heavy (non-hydrogen) atoms. The third-order valence-corrected chi connectivity index (χ3v) is 3.21. The van der Waals surface area contributed by atoms with E-state index in [1.807, 2.05) is 6.07 Å². The summed E-state index contributed by atoms with van der Waals surface area (Å²) < 4.78 is 15.4. The summed E-state index contributed by atoms with van der Waals surface area (Å²) in [6.45, 7) is 2.24.